The van der Waals surface area contributed by atoms with Crippen LogP contribution in [0.25, 0.3) is 0 Å². The highest BCUT2D eigenvalue weighted by molar-refractivity contribution is 5.94. The summed E-state index contributed by atoms with van der Waals surface area (Å²) in [6.07, 6.45) is 0.490. The van der Waals surface area contributed by atoms with E-state index < -0.39 is 0 Å². The van der Waals surface area contributed by atoms with Crippen LogP contribution in [-0.2, 0) is 4.74 Å². The second-order valence-corrected chi connectivity index (χ2v) is 4.91. The molecule has 0 radical (unpaired) electrons. The molecule has 0 bridgehead atoms. The summed E-state index contributed by atoms with van der Waals surface area (Å²) >= 11 is 0. The zero-order valence-corrected chi connectivity index (χ0v) is 11.8. The molecule has 4 heteroatoms. The number of hydrogen-bond acceptors (Lipinski definition) is 3. The van der Waals surface area contributed by atoms with E-state index in [-0.39, 0.29) is 18.6 Å². The van der Waals surface area contributed by atoms with Crippen molar-refractivity contribution >= 4 is 5.91 Å². The van der Waals surface area contributed by atoms with Gasteiger partial charge in [0, 0.05) is 19.3 Å². The number of carbonyl (C=O) groups excluding carboxylic acids is 1. The maximum Gasteiger partial charge on any atom is 0.251 e. The van der Waals surface area contributed by atoms with E-state index in [4.69, 9.17) is 9.84 Å². The largest absolute Gasteiger partial charge is 0.396 e. The molecule has 0 aliphatic heterocycles. The van der Waals surface area contributed by atoms with Gasteiger partial charge in [0.15, 0.2) is 0 Å². The Morgan fingerprint density at radius 2 is 1.95 bits per heavy atom. The molecule has 0 aliphatic rings. The van der Waals surface area contributed by atoms with Crippen LogP contribution in [0.1, 0.15) is 42.1 Å². The Kier molecular flexibility index (Phi) is 6.53. The lowest BCUT2D eigenvalue weighted by Gasteiger charge is -2.17. The quantitative estimate of drug-likeness (QED) is 0.792. The van der Waals surface area contributed by atoms with Gasteiger partial charge >= 0.3 is 0 Å². The maximum absolute atomic E-state index is 12.0. The summed E-state index contributed by atoms with van der Waals surface area (Å²) < 4.78 is 5.02. The lowest BCUT2D eigenvalue weighted by atomic mass is 10.0. The Labute approximate surface area is 114 Å². The predicted molar refractivity (Wildman–Crippen MR) is 75.4 cm³/mol. The number of hydrogen-bond donors (Lipinski definition) is 2. The standard InChI is InChI=1S/C15H23NO3/c1-11(2)12-4-6-13(7-5-12)15(18)16-14(8-9-17)10-19-3/h4-7,11,14,17H,8-10H2,1-3H3,(H,16,18). The Morgan fingerprint density at radius 3 is 2.42 bits per heavy atom. The average Bonchev–Trinajstić information content (AvgIpc) is 2.39. The third-order valence-electron chi connectivity index (χ3n) is 3.02. The number of rotatable bonds is 7. The molecule has 1 amide bonds. The monoisotopic (exact) mass is 265 g/mol. The van der Waals surface area contributed by atoms with Crippen LogP contribution in [0.5, 0.6) is 0 Å². The van der Waals surface area contributed by atoms with Crippen LogP contribution in [0.15, 0.2) is 24.3 Å². The van der Waals surface area contributed by atoms with Gasteiger partial charge in [-0.25, -0.2) is 0 Å². The minimum Gasteiger partial charge on any atom is -0.396 e. The molecule has 0 saturated heterocycles. The first-order chi connectivity index (χ1) is 9.08. The number of benzene rings is 1. The van der Waals surface area contributed by atoms with Crippen LogP contribution in [0.3, 0.4) is 0 Å². The molecule has 2 N–H and O–H groups in total. The Balaban J connectivity index is 2.65. The van der Waals surface area contributed by atoms with E-state index in [1.807, 2.05) is 24.3 Å². The third-order valence-corrected chi connectivity index (χ3v) is 3.02. The maximum atomic E-state index is 12.0. The van der Waals surface area contributed by atoms with Gasteiger partial charge in [-0.3, -0.25) is 4.79 Å². The first kappa shape index (κ1) is 15.7. The molecule has 0 heterocycles. The van der Waals surface area contributed by atoms with Crippen molar-refractivity contribution in [2.75, 3.05) is 20.3 Å². The minimum absolute atomic E-state index is 0.0284. The van der Waals surface area contributed by atoms with Gasteiger partial charge < -0.3 is 15.2 Å². The van der Waals surface area contributed by atoms with Gasteiger partial charge in [0.2, 0.25) is 0 Å². The molecule has 1 aromatic rings. The highest BCUT2D eigenvalue weighted by Crippen LogP contribution is 2.14. The average molecular weight is 265 g/mol. The second kappa shape index (κ2) is 7.92. The molecule has 0 saturated carbocycles. The van der Waals surface area contributed by atoms with Crippen LogP contribution in [0.2, 0.25) is 0 Å². The predicted octanol–water partition coefficient (Wildman–Crippen LogP) is 1.94. The first-order valence-corrected chi connectivity index (χ1v) is 6.59. The van der Waals surface area contributed by atoms with Crippen LogP contribution in [0, 0.1) is 0 Å². The Bertz CT molecular complexity index is 381. The van der Waals surface area contributed by atoms with Gasteiger partial charge in [-0.1, -0.05) is 26.0 Å². The van der Waals surface area contributed by atoms with Gasteiger partial charge in [-0.05, 0) is 30.0 Å². The number of methoxy groups -OCH3 is 1. The fourth-order valence-electron chi connectivity index (χ4n) is 1.84. The van der Waals surface area contributed by atoms with E-state index in [2.05, 4.69) is 19.2 Å². The van der Waals surface area contributed by atoms with Crippen molar-refractivity contribution in [1.29, 1.82) is 0 Å². The summed E-state index contributed by atoms with van der Waals surface area (Å²) in [6.45, 7) is 4.66. The van der Waals surface area contributed by atoms with E-state index in [1.165, 1.54) is 5.56 Å². The van der Waals surface area contributed by atoms with Gasteiger partial charge in [-0.15, -0.1) is 0 Å². The normalized spacial score (nSPS) is 12.5. The Morgan fingerprint density at radius 1 is 1.32 bits per heavy atom. The van der Waals surface area contributed by atoms with Crippen LogP contribution in [0.4, 0.5) is 0 Å². The zero-order valence-electron chi connectivity index (χ0n) is 11.8. The zero-order chi connectivity index (χ0) is 14.3. The molecule has 0 aliphatic carbocycles. The highest BCUT2D eigenvalue weighted by atomic mass is 16.5. The van der Waals surface area contributed by atoms with Gasteiger partial charge in [0.05, 0.1) is 12.6 Å². The molecule has 19 heavy (non-hydrogen) atoms. The topological polar surface area (TPSA) is 58.6 Å². The summed E-state index contributed by atoms with van der Waals surface area (Å²) in [5.74, 6) is 0.318. The lowest BCUT2D eigenvalue weighted by molar-refractivity contribution is 0.0878. The van der Waals surface area contributed by atoms with E-state index >= 15 is 0 Å². The molecule has 1 atom stereocenters. The van der Waals surface area contributed by atoms with Crippen molar-refractivity contribution in [3.63, 3.8) is 0 Å². The van der Waals surface area contributed by atoms with E-state index in [0.717, 1.165) is 0 Å². The molecule has 106 valence electrons. The van der Waals surface area contributed by atoms with Gasteiger partial charge in [0.25, 0.3) is 5.91 Å². The van der Waals surface area contributed by atoms with Crippen LogP contribution < -0.4 is 5.32 Å². The van der Waals surface area contributed by atoms with E-state index in [1.54, 1.807) is 7.11 Å². The first-order valence-electron chi connectivity index (χ1n) is 6.59. The summed E-state index contributed by atoms with van der Waals surface area (Å²) in [4.78, 5) is 12.0. The molecule has 4 nitrogen and oxygen atoms in total. The number of aliphatic hydroxyl groups excluding tert-OH is 1. The van der Waals surface area contributed by atoms with E-state index in [0.29, 0.717) is 24.5 Å². The fourth-order valence-corrected chi connectivity index (χ4v) is 1.84. The highest BCUT2D eigenvalue weighted by Gasteiger charge is 2.13. The van der Waals surface area contributed by atoms with Crippen molar-refractivity contribution < 1.29 is 14.6 Å². The number of carbonyl (C=O) groups is 1. The van der Waals surface area contributed by atoms with Crippen molar-refractivity contribution in [3.8, 4) is 0 Å². The van der Waals surface area contributed by atoms with Gasteiger partial charge in [-0.2, -0.15) is 0 Å². The second-order valence-electron chi connectivity index (χ2n) is 4.91. The van der Waals surface area contributed by atoms with Crippen molar-refractivity contribution in [3.05, 3.63) is 35.4 Å². The molecule has 1 aromatic carbocycles. The SMILES string of the molecule is COCC(CCO)NC(=O)c1ccc(C(C)C)cc1. The number of aliphatic hydroxyl groups is 1. The molecule has 0 spiro atoms. The summed E-state index contributed by atoms with van der Waals surface area (Å²) in [6, 6.07) is 7.43. The molecule has 1 rings (SSSR count). The van der Waals surface area contributed by atoms with Crippen molar-refractivity contribution in [1.82, 2.24) is 5.32 Å². The fraction of sp³-hybridized carbons (Fsp3) is 0.533. The van der Waals surface area contributed by atoms with E-state index in [9.17, 15) is 4.79 Å². The molecule has 0 aromatic heterocycles. The smallest absolute Gasteiger partial charge is 0.251 e. The summed E-state index contributed by atoms with van der Waals surface area (Å²) in [5, 5.41) is 11.8. The molecular weight excluding hydrogens is 242 g/mol. The number of ether oxygens (including phenoxy) is 1. The third kappa shape index (κ3) is 5.01. The molecular formula is C15H23NO3. The lowest BCUT2D eigenvalue weighted by Crippen LogP contribution is -2.38. The van der Waals surface area contributed by atoms with Gasteiger partial charge in [0.1, 0.15) is 0 Å². The van der Waals surface area contributed by atoms with Crippen LogP contribution in [-0.4, -0.2) is 37.4 Å². The van der Waals surface area contributed by atoms with Crippen molar-refractivity contribution in [2.24, 2.45) is 0 Å². The number of nitrogens with one attached hydrogen (secondary N) is 1. The summed E-state index contributed by atoms with van der Waals surface area (Å²) in [5.41, 5.74) is 1.84. The minimum atomic E-state index is -0.160. The molecule has 1 unspecified atom stereocenters. The molecule has 0 fully saturated rings. The number of amides is 1. The van der Waals surface area contributed by atoms with Crippen LogP contribution >= 0.6 is 0 Å². The summed E-state index contributed by atoms with van der Waals surface area (Å²) in [7, 11) is 1.58. The Hall–Kier alpha value is -1.39. The van der Waals surface area contributed by atoms with Crippen molar-refractivity contribution in [2.45, 2.75) is 32.2 Å².